The summed E-state index contributed by atoms with van der Waals surface area (Å²) in [6.45, 7) is 0.471. The van der Waals surface area contributed by atoms with E-state index in [0.717, 1.165) is 17.0 Å². The van der Waals surface area contributed by atoms with Gasteiger partial charge in [0, 0.05) is 6.54 Å². The highest BCUT2D eigenvalue weighted by molar-refractivity contribution is 5.91. The second-order valence-corrected chi connectivity index (χ2v) is 5.42. The smallest absolute Gasteiger partial charge is 0.273 e. The van der Waals surface area contributed by atoms with Crippen molar-refractivity contribution in [3.05, 3.63) is 66.0 Å². The Labute approximate surface area is 144 Å². The third-order valence-electron chi connectivity index (χ3n) is 3.70. The topological polar surface area (TPSA) is 89.3 Å². The van der Waals surface area contributed by atoms with Gasteiger partial charge >= 0.3 is 0 Å². The normalized spacial score (nSPS) is 10.4. The van der Waals surface area contributed by atoms with Crippen LogP contribution in [0, 0.1) is 0 Å². The first-order chi connectivity index (χ1) is 12.2. The van der Waals surface area contributed by atoms with Gasteiger partial charge in [-0.1, -0.05) is 17.3 Å². The number of carbonyl (C=O) groups is 1. The van der Waals surface area contributed by atoms with Gasteiger partial charge in [0.15, 0.2) is 5.69 Å². The van der Waals surface area contributed by atoms with Crippen LogP contribution in [0.3, 0.4) is 0 Å². The maximum atomic E-state index is 12.1. The summed E-state index contributed by atoms with van der Waals surface area (Å²) in [5, 5.41) is 19.9. The molecular weight excluding hydrogens is 320 g/mol. The summed E-state index contributed by atoms with van der Waals surface area (Å²) >= 11 is 0. The average Bonchev–Trinajstić information content (AvgIpc) is 3.13. The molecule has 3 rings (SSSR count). The summed E-state index contributed by atoms with van der Waals surface area (Å²) in [6, 6.07) is 14.2. The highest BCUT2D eigenvalue weighted by Gasteiger charge is 2.11. The Kier molecular flexibility index (Phi) is 4.94. The molecule has 7 heteroatoms. The van der Waals surface area contributed by atoms with Crippen LogP contribution in [0.15, 0.2) is 54.7 Å². The molecular formula is C18H18N4O3. The Balaban J connectivity index is 1.57. The molecule has 25 heavy (non-hydrogen) atoms. The van der Waals surface area contributed by atoms with Crippen LogP contribution in [0.4, 0.5) is 0 Å². The lowest BCUT2D eigenvalue weighted by molar-refractivity contribution is 0.0949. The van der Waals surface area contributed by atoms with E-state index in [9.17, 15) is 9.90 Å². The van der Waals surface area contributed by atoms with Gasteiger partial charge in [-0.3, -0.25) is 4.79 Å². The molecule has 0 radical (unpaired) electrons. The van der Waals surface area contributed by atoms with Gasteiger partial charge in [0.05, 0.1) is 19.0 Å². The van der Waals surface area contributed by atoms with E-state index in [0.29, 0.717) is 13.0 Å². The number of nitrogens with one attached hydrogen (secondary N) is 1. The zero-order valence-corrected chi connectivity index (χ0v) is 13.7. The van der Waals surface area contributed by atoms with Crippen LogP contribution in [-0.2, 0) is 6.42 Å². The molecule has 0 aliphatic carbocycles. The first-order valence-electron chi connectivity index (χ1n) is 7.78. The quantitative estimate of drug-likeness (QED) is 0.717. The molecule has 0 spiro atoms. The van der Waals surface area contributed by atoms with Crippen molar-refractivity contribution in [1.82, 2.24) is 20.3 Å². The molecule has 1 amide bonds. The summed E-state index contributed by atoms with van der Waals surface area (Å²) in [6.07, 6.45) is 2.25. The molecule has 0 saturated heterocycles. The Morgan fingerprint density at radius 1 is 1.16 bits per heavy atom. The summed E-state index contributed by atoms with van der Waals surface area (Å²) in [5.74, 6) is 0.692. The van der Waals surface area contributed by atoms with E-state index in [1.54, 1.807) is 25.4 Å². The van der Waals surface area contributed by atoms with E-state index < -0.39 is 0 Å². The van der Waals surface area contributed by atoms with E-state index >= 15 is 0 Å². The third kappa shape index (κ3) is 4.14. The van der Waals surface area contributed by atoms with Crippen molar-refractivity contribution in [3.63, 3.8) is 0 Å². The number of nitrogens with zero attached hydrogens (tertiary/aromatic N) is 3. The van der Waals surface area contributed by atoms with Gasteiger partial charge < -0.3 is 15.2 Å². The molecule has 0 atom stereocenters. The van der Waals surface area contributed by atoms with Crippen molar-refractivity contribution in [3.8, 4) is 17.2 Å². The summed E-state index contributed by atoms with van der Waals surface area (Å²) in [7, 11) is 1.60. The number of aromatic nitrogens is 3. The van der Waals surface area contributed by atoms with Crippen LogP contribution in [0.5, 0.6) is 11.5 Å². The minimum atomic E-state index is -0.279. The minimum Gasteiger partial charge on any atom is -0.508 e. The lowest BCUT2D eigenvalue weighted by atomic mass is 10.1. The Morgan fingerprint density at radius 2 is 1.88 bits per heavy atom. The number of methoxy groups -OCH3 is 1. The first kappa shape index (κ1) is 16.5. The predicted molar refractivity (Wildman–Crippen MR) is 92.1 cm³/mol. The zero-order chi connectivity index (χ0) is 17.6. The highest BCUT2D eigenvalue weighted by atomic mass is 16.5. The van der Waals surface area contributed by atoms with Gasteiger partial charge in [0.2, 0.25) is 0 Å². The number of phenols is 1. The number of phenolic OH excluding ortho intramolecular Hbond substituents is 1. The lowest BCUT2D eigenvalue weighted by Crippen LogP contribution is -2.26. The van der Waals surface area contributed by atoms with E-state index in [-0.39, 0.29) is 17.4 Å². The molecule has 0 unspecified atom stereocenters. The highest BCUT2D eigenvalue weighted by Crippen LogP contribution is 2.14. The van der Waals surface area contributed by atoms with Crippen LogP contribution in [-0.4, -0.2) is 39.7 Å². The summed E-state index contributed by atoms with van der Waals surface area (Å²) < 4.78 is 6.65. The fourth-order valence-electron chi connectivity index (χ4n) is 2.30. The standard InChI is InChI=1S/C18H18N4O3/c1-25-16-8-4-14(5-9-16)22-12-17(20-21-22)18(24)19-11-10-13-2-6-15(23)7-3-13/h2-9,12,23H,10-11H2,1H3,(H,19,24). The van der Waals surface area contributed by atoms with Gasteiger partial charge in [0.1, 0.15) is 11.5 Å². The number of amides is 1. The van der Waals surface area contributed by atoms with Gasteiger partial charge in [-0.25, -0.2) is 4.68 Å². The summed E-state index contributed by atoms with van der Waals surface area (Å²) in [4.78, 5) is 12.1. The molecule has 0 aliphatic rings. The van der Waals surface area contributed by atoms with E-state index in [1.165, 1.54) is 4.68 Å². The molecule has 1 aromatic heterocycles. The third-order valence-corrected chi connectivity index (χ3v) is 3.70. The van der Waals surface area contributed by atoms with Crippen molar-refractivity contribution in [2.45, 2.75) is 6.42 Å². The van der Waals surface area contributed by atoms with E-state index in [2.05, 4.69) is 15.6 Å². The molecule has 128 valence electrons. The second-order valence-electron chi connectivity index (χ2n) is 5.42. The maximum absolute atomic E-state index is 12.1. The summed E-state index contributed by atoms with van der Waals surface area (Å²) in [5.41, 5.74) is 2.07. The number of ether oxygens (including phenoxy) is 1. The maximum Gasteiger partial charge on any atom is 0.273 e. The fraction of sp³-hybridized carbons (Fsp3) is 0.167. The number of carbonyl (C=O) groups excluding carboxylic acids is 1. The lowest BCUT2D eigenvalue weighted by Gasteiger charge is -2.04. The molecule has 1 heterocycles. The molecule has 7 nitrogen and oxygen atoms in total. The predicted octanol–water partition coefficient (Wildman–Crippen LogP) is 1.95. The van der Waals surface area contributed by atoms with Crippen molar-refractivity contribution in [1.29, 1.82) is 0 Å². The molecule has 2 aromatic carbocycles. The molecule has 0 saturated carbocycles. The van der Waals surface area contributed by atoms with Gasteiger partial charge in [0.25, 0.3) is 5.91 Å². The number of rotatable bonds is 6. The number of aromatic hydroxyl groups is 1. The van der Waals surface area contributed by atoms with Crippen molar-refractivity contribution in [2.24, 2.45) is 0 Å². The minimum absolute atomic E-state index is 0.225. The van der Waals surface area contributed by atoms with Crippen LogP contribution in [0.1, 0.15) is 16.1 Å². The second kappa shape index (κ2) is 7.48. The molecule has 0 fully saturated rings. The Morgan fingerprint density at radius 3 is 2.56 bits per heavy atom. The van der Waals surface area contributed by atoms with E-state index in [4.69, 9.17) is 4.74 Å². The van der Waals surface area contributed by atoms with Crippen molar-refractivity contribution < 1.29 is 14.6 Å². The molecule has 0 aliphatic heterocycles. The SMILES string of the molecule is COc1ccc(-n2cc(C(=O)NCCc3ccc(O)cc3)nn2)cc1. The Hall–Kier alpha value is -3.35. The van der Waals surface area contributed by atoms with Crippen molar-refractivity contribution >= 4 is 5.91 Å². The molecule has 2 N–H and O–H groups in total. The van der Waals surface area contributed by atoms with Crippen LogP contribution >= 0.6 is 0 Å². The monoisotopic (exact) mass is 338 g/mol. The molecule has 3 aromatic rings. The van der Waals surface area contributed by atoms with E-state index in [1.807, 2.05) is 36.4 Å². The number of hydrogen-bond acceptors (Lipinski definition) is 5. The Bertz CT molecular complexity index is 842. The first-order valence-corrected chi connectivity index (χ1v) is 7.78. The number of hydrogen-bond donors (Lipinski definition) is 2. The molecule has 0 bridgehead atoms. The number of benzene rings is 2. The average molecular weight is 338 g/mol. The van der Waals surface area contributed by atoms with Crippen molar-refractivity contribution in [2.75, 3.05) is 13.7 Å². The van der Waals surface area contributed by atoms with Crippen LogP contribution < -0.4 is 10.1 Å². The van der Waals surface area contributed by atoms with Gasteiger partial charge in [-0.2, -0.15) is 0 Å². The van der Waals surface area contributed by atoms with Crippen LogP contribution in [0.25, 0.3) is 5.69 Å². The van der Waals surface area contributed by atoms with Gasteiger partial charge in [-0.05, 0) is 48.4 Å². The largest absolute Gasteiger partial charge is 0.508 e. The van der Waals surface area contributed by atoms with Crippen LogP contribution in [0.2, 0.25) is 0 Å². The van der Waals surface area contributed by atoms with Gasteiger partial charge in [-0.15, -0.1) is 5.10 Å². The fourth-order valence-corrected chi connectivity index (χ4v) is 2.30. The zero-order valence-electron chi connectivity index (χ0n) is 13.7.